The van der Waals surface area contributed by atoms with Crippen LogP contribution in [0.25, 0.3) is 0 Å². The minimum atomic E-state index is -0.779. The van der Waals surface area contributed by atoms with Crippen LogP contribution in [-0.2, 0) is 28.6 Å². The highest BCUT2D eigenvalue weighted by molar-refractivity contribution is 5.71. The van der Waals surface area contributed by atoms with Crippen molar-refractivity contribution in [2.24, 2.45) is 0 Å². The zero-order chi connectivity index (χ0) is 59.2. The van der Waals surface area contributed by atoms with Crippen molar-refractivity contribution in [3.63, 3.8) is 0 Å². The van der Waals surface area contributed by atoms with Gasteiger partial charge in [-0.2, -0.15) is 0 Å². The minimum Gasteiger partial charge on any atom is -0.462 e. The van der Waals surface area contributed by atoms with E-state index >= 15 is 0 Å². The second kappa shape index (κ2) is 69.8. The molecule has 0 saturated heterocycles. The molecule has 82 heavy (non-hydrogen) atoms. The standard InChI is InChI=1S/C76H132O6/c1-4-7-10-13-16-19-22-24-26-28-30-32-34-36-38-40-42-44-46-48-50-52-54-57-60-63-66-69-75(78)81-72-73(71-80-74(77)68-65-62-59-56-21-18-15-12-9-6-3)82-76(79)70-67-64-61-58-55-53-51-49-47-45-43-41-39-37-35-33-31-29-27-25-23-20-17-14-11-8-5-2/h7,10,16,19,23-26,29-32,35-38,73H,4-6,8-9,11-15,17-18,20-22,27-28,33-34,39-72H2,1-3H3/b10-7-,19-16-,25-23-,26-24-,31-29-,32-30-,37-35-,38-36-. The number of hydrogen-bond acceptors (Lipinski definition) is 6. The Morgan fingerprint density at radius 3 is 0.744 bits per heavy atom. The summed E-state index contributed by atoms with van der Waals surface area (Å²) in [4.78, 5) is 38.4. The zero-order valence-corrected chi connectivity index (χ0v) is 54.2. The van der Waals surface area contributed by atoms with Crippen molar-refractivity contribution in [3.05, 3.63) is 97.2 Å². The Morgan fingerprint density at radius 2 is 0.476 bits per heavy atom. The van der Waals surface area contributed by atoms with E-state index in [2.05, 4.69) is 118 Å². The van der Waals surface area contributed by atoms with Crippen molar-refractivity contribution < 1.29 is 28.6 Å². The molecule has 0 aliphatic rings. The predicted octanol–water partition coefficient (Wildman–Crippen LogP) is 24.4. The molecule has 0 aromatic rings. The van der Waals surface area contributed by atoms with Gasteiger partial charge in [-0.3, -0.25) is 14.4 Å². The summed E-state index contributed by atoms with van der Waals surface area (Å²) in [5.41, 5.74) is 0. The first kappa shape index (κ1) is 78.3. The number of esters is 3. The molecule has 0 spiro atoms. The van der Waals surface area contributed by atoms with Crippen molar-refractivity contribution in [1.82, 2.24) is 0 Å². The zero-order valence-electron chi connectivity index (χ0n) is 54.2. The smallest absolute Gasteiger partial charge is 0.306 e. The Hall–Kier alpha value is -3.67. The van der Waals surface area contributed by atoms with Gasteiger partial charge in [0.05, 0.1) is 0 Å². The van der Waals surface area contributed by atoms with Gasteiger partial charge in [0.25, 0.3) is 0 Å². The van der Waals surface area contributed by atoms with Crippen LogP contribution in [0, 0.1) is 0 Å². The third kappa shape index (κ3) is 67.1. The number of unbranched alkanes of at least 4 members (excludes halogenated alkanes) is 37. The molecule has 0 heterocycles. The van der Waals surface area contributed by atoms with Crippen LogP contribution in [0.4, 0.5) is 0 Å². The van der Waals surface area contributed by atoms with Gasteiger partial charge in [-0.25, -0.2) is 0 Å². The summed E-state index contributed by atoms with van der Waals surface area (Å²) in [6.45, 7) is 6.54. The van der Waals surface area contributed by atoms with Gasteiger partial charge in [-0.1, -0.05) is 323 Å². The monoisotopic (exact) mass is 1140 g/mol. The van der Waals surface area contributed by atoms with Gasteiger partial charge in [0.2, 0.25) is 0 Å². The van der Waals surface area contributed by atoms with Gasteiger partial charge in [0.1, 0.15) is 13.2 Å². The van der Waals surface area contributed by atoms with Gasteiger partial charge in [0, 0.05) is 19.3 Å². The number of ether oxygens (including phenoxy) is 3. The summed E-state index contributed by atoms with van der Waals surface area (Å²) < 4.78 is 17.0. The van der Waals surface area contributed by atoms with Gasteiger partial charge < -0.3 is 14.2 Å². The van der Waals surface area contributed by atoms with Crippen LogP contribution in [0.3, 0.4) is 0 Å². The van der Waals surface area contributed by atoms with E-state index in [1.807, 2.05) is 0 Å². The van der Waals surface area contributed by atoms with Gasteiger partial charge >= 0.3 is 17.9 Å². The van der Waals surface area contributed by atoms with E-state index in [9.17, 15) is 14.4 Å². The third-order valence-electron chi connectivity index (χ3n) is 15.3. The van der Waals surface area contributed by atoms with Crippen molar-refractivity contribution in [2.45, 2.75) is 354 Å². The molecule has 6 nitrogen and oxygen atoms in total. The molecule has 0 radical (unpaired) electrons. The lowest BCUT2D eigenvalue weighted by Crippen LogP contribution is -2.30. The molecule has 0 aliphatic heterocycles. The maximum absolute atomic E-state index is 12.9. The molecule has 0 rings (SSSR count). The molecule has 0 amide bonds. The van der Waals surface area contributed by atoms with E-state index in [4.69, 9.17) is 14.2 Å². The summed E-state index contributed by atoms with van der Waals surface area (Å²) >= 11 is 0. The van der Waals surface area contributed by atoms with E-state index < -0.39 is 6.10 Å². The molecule has 0 bridgehead atoms. The number of allylic oxidation sites excluding steroid dienone is 16. The second-order valence-corrected chi connectivity index (χ2v) is 23.4. The van der Waals surface area contributed by atoms with Crippen molar-refractivity contribution in [1.29, 1.82) is 0 Å². The Morgan fingerprint density at radius 1 is 0.256 bits per heavy atom. The topological polar surface area (TPSA) is 78.9 Å². The summed E-state index contributed by atoms with van der Waals surface area (Å²) in [6, 6.07) is 0. The first-order valence-corrected chi connectivity index (χ1v) is 35.2. The van der Waals surface area contributed by atoms with E-state index in [1.165, 1.54) is 205 Å². The average Bonchev–Trinajstić information content (AvgIpc) is 3.48. The molecule has 0 fully saturated rings. The third-order valence-corrected chi connectivity index (χ3v) is 15.3. The Labute approximate surface area is 508 Å². The number of hydrogen-bond donors (Lipinski definition) is 0. The molecule has 1 unspecified atom stereocenters. The molecule has 0 aliphatic carbocycles. The van der Waals surface area contributed by atoms with Crippen molar-refractivity contribution >= 4 is 17.9 Å². The van der Waals surface area contributed by atoms with E-state index in [-0.39, 0.29) is 31.1 Å². The molecule has 0 aromatic heterocycles. The normalized spacial score (nSPS) is 12.7. The first-order valence-electron chi connectivity index (χ1n) is 35.2. The van der Waals surface area contributed by atoms with Crippen LogP contribution in [0.1, 0.15) is 348 Å². The lowest BCUT2D eigenvalue weighted by atomic mass is 10.0. The fraction of sp³-hybridized carbons (Fsp3) is 0.750. The maximum atomic E-state index is 12.9. The number of carbonyl (C=O) groups is 3. The quantitative estimate of drug-likeness (QED) is 0.0261. The fourth-order valence-electron chi connectivity index (χ4n) is 10.1. The summed E-state index contributed by atoms with van der Waals surface area (Å²) in [5.74, 6) is -0.867. The molecular formula is C76H132O6. The second-order valence-electron chi connectivity index (χ2n) is 23.4. The summed E-state index contributed by atoms with van der Waals surface area (Å²) in [5, 5.41) is 0. The molecule has 472 valence electrons. The van der Waals surface area contributed by atoms with Gasteiger partial charge in [0.15, 0.2) is 6.10 Å². The molecule has 6 heteroatoms. The number of carbonyl (C=O) groups excluding carboxylic acids is 3. The van der Waals surface area contributed by atoms with Gasteiger partial charge in [-0.05, 0) is 103 Å². The Bertz CT molecular complexity index is 1590. The van der Waals surface area contributed by atoms with Crippen LogP contribution >= 0.6 is 0 Å². The van der Waals surface area contributed by atoms with Gasteiger partial charge in [-0.15, -0.1) is 0 Å². The van der Waals surface area contributed by atoms with Crippen LogP contribution in [0.2, 0.25) is 0 Å². The Balaban J connectivity index is 4.21. The lowest BCUT2D eigenvalue weighted by molar-refractivity contribution is -0.167. The Kier molecular flexibility index (Phi) is 66.7. The minimum absolute atomic E-state index is 0.0753. The average molecular weight is 1140 g/mol. The molecule has 0 aromatic carbocycles. The number of rotatable bonds is 64. The van der Waals surface area contributed by atoms with E-state index in [0.717, 1.165) is 103 Å². The highest BCUT2D eigenvalue weighted by Gasteiger charge is 2.19. The molecule has 1 atom stereocenters. The summed E-state index contributed by atoms with van der Waals surface area (Å²) in [6.07, 6.45) is 94.4. The van der Waals surface area contributed by atoms with Crippen LogP contribution in [0.5, 0.6) is 0 Å². The highest BCUT2D eigenvalue weighted by Crippen LogP contribution is 2.17. The van der Waals surface area contributed by atoms with Crippen LogP contribution in [0.15, 0.2) is 97.2 Å². The largest absolute Gasteiger partial charge is 0.462 e. The van der Waals surface area contributed by atoms with E-state index in [1.54, 1.807) is 0 Å². The van der Waals surface area contributed by atoms with Crippen molar-refractivity contribution in [3.8, 4) is 0 Å². The fourth-order valence-corrected chi connectivity index (χ4v) is 10.1. The molecular weight excluding hydrogens is 1010 g/mol. The highest BCUT2D eigenvalue weighted by atomic mass is 16.6. The van der Waals surface area contributed by atoms with Crippen molar-refractivity contribution in [2.75, 3.05) is 13.2 Å². The summed E-state index contributed by atoms with van der Waals surface area (Å²) in [7, 11) is 0. The first-order chi connectivity index (χ1) is 40.5. The SMILES string of the molecule is CC/C=C\C/C=C\C/C=C\C/C=C\C/C=C\CCCCCCCCCCCCCC(=O)OCC(COC(=O)CCCCCCCCCCCC)OC(=O)CCCCCCCCCCCCCC/C=C\C/C=C\C/C=C\CCCCCCC. The molecule has 0 N–H and O–H groups in total. The van der Waals surface area contributed by atoms with Crippen LogP contribution in [-0.4, -0.2) is 37.2 Å². The lowest BCUT2D eigenvalue weighted by Gasteiger charge is -2.18. The van der Waals surface area contributed by atoms with Crippen LogP contribution < -0.4 is 0 Å². The molecule has 0 saturated carbocycles. The maximum Gasteiger partial charge on any atom is 0.306 e. The van der Waals surface area contributed by atoms with E-state index in [0.29, 0.717) is 19.3 Å². The predicted molar refractivity (Wildman–Crippen MR) is 357 cm³/mol.